The van der Waals surface area contributed by atoms with Crippen molar-refractivity contribution in [3.05, 3.63) is 35.1 Å². The molecule has 126 valence electrons. The summed E-state index contributed by atoms with van der Waals surface area (Å²) in [5.41, 5.74) is -0.931. The highest BCUT2D eigenvalue weighted by Crippen LogP contribution is 2.38. The Balaban J connectivity index is 0.00000242. The molecule has 0 saturated carbocycles. The Morgan fingerprint density at radius 1 is 1.23 bits per heavy atom. The summed E-state index contributed by atoms with van der Waals surface area (Å²) >= 11 is 0. The third-order valence-corrected chi connectivity index (χ3v) is 3.67. The first-order chi connectivity index (χ1) is 9.93. The molecule has 0 unspecified atom stereocenters. The maximum absolute atomic E-state index is 13.4. The van der Waals surface area contributed by atoms with Gasteiger partial charge < -0.3 is 10.4 Å². The number of aliphatic hydroxyl groups excluding tert-OH is 1. The van der Waals surface area contributed by atoms with Gasteiger partial charge in [0.1, 0.15) is 5.82 Å². The van der Waals surface area contributed by atoms with E-state index in [0.717, 1.165) is 18.2 Å². The number of nitrogens with one attached hydrogen (secondary N) is 1. The van der Waals surface area contributed by atoms with E-state index in [4.69, 9.17) is 0 Å². The molecular formula is C14H19ClF4N2O. The predicted molar refractivity (Wildman–Crippen MR) is 77.5 cm³/mol. The summed E-state index contributed by atoms with van der Waals surface area (Å²) in [4.78, 5) is 1.86. The molecule has 1 atom stereocenters. The molecule has 1 fully saturated rings. The molecule has 1 aromatic rings. The second-order valence-corrected chi connectivity index (χ2v) is 5.04. The molecule has 1 aliphatic rings. The lowest BCUT2D eigenvalue weighted by Gasteiger charge is -2.36. The standard InChI is InChI=1S/C14H18F4N2O.ClH/c15-10-1-2-12(14(16,17)18)11(9-10)13(3-8-21)20-6-4-19-5-7-20;/h1-2,9,13,19,21H,3-8H2;1H/t13-;/m1./s1. The van der Waals surface area contributed by atoms with Crippen molar-refractivity contribution in [1.82, 2.24) is 10.2 Å². The maximum Gasteiger partial charge on any atom is 0.416 e. The molecular weight excluding hydrogens is 324 g/mol. The Labute approximate surface area is 132 Å². The van der Waals surface area contributed by atoms with Crippen molar-refractivity contribution in [2.45, 2.75) is 18.6 Å². The van der Waals surface area contributed by atoms with Crippen LogP contribution in [0.25, 0.3) is 0 Å². The van der Waals surface area contributed by atoms with Gasteiger partial charge in [0.25, 0.3) is 0 Å². The number of piperazine rings is 1. The van der Waals surface area contributed by atoms with Gasteiger partial charge in [0.15, 0.2) is 0 Å². The Morgan fingerprint density at radius 2 is 1.86 bits per heavy atom. The van der Waals surface area contributed by atoms with Crippen LogP contribution in [0, 0.1) is 5.82 Å². The van der Waals surface area contributed by atoms with E-state index in [1.165, 1.54) is 0 Å². The van der Waals surface area contributed by atoms with Gasteiger partial charge in [0, 0.05) is 38.8 Å². The second kappa shape index (κ2) is 8.10. The van der Waals surface area contributed by atoms with E-state index in [2.05, 4.69) is 5.32 Å². The normalized spacial score (nSPS) is 17.9. The Hall–Kier alpha value is -0.890. The average Bonchev–Trinajstić information content (AvgIpc) is 2.44. The zero-order chi connectivity index (χ0) is 15.5. The molecule has 2 rings (SSSR count). The van der Waals surface area contributed by atoms with Crippen molar-refractivity contribution >= 4 is 12.4 Å². The van der Waals surface area contributed by atoms with E-state index in [9.17, 15) is 22.7 Å². The summed E-state index contributed by atoms with van der Waals surface area (Å²) in [5.74, 6) is -0.698. The van der Waals surface area contributed by atoms with Crippen LogP contribution < -0.4 is 5.32 Å². The fraction of sp³-hybridized carbons (Fsp3) is 0.571. The van der Waals surface area contributed by atoms with E-state index >= 15 is 0 Å². The molecule has 1 heterocycles. The van der Waals surface area contributed by atoms with Gasteiger partial charge in [0.05, 0.1) is 5.56 Å². The molecule has 0 bridgehead atoms. The SMILES string of the molecule is Cl.OCC[C@H](c1cc(F)ccc1C(F)(F)F)N1CCNCC1. The molecule has 8 heteroatoms. The lowest BCUT2D eigenvalue weighted by Crippen LogP contribution is -2.45. The molecule has 22 heavy (non-hydrogen) atoms. The summed E-state index contributed by atoms with van der Waals surface area (Å²) < 4.78 is 52.8. The molecule has 0 radical (unpaired) electrons. The molecule has 0 spiro atoms. The number of hydrogen-bond donors (Lipinski definition) is 2. The number of nitrogens with zero attached hydrogens (tertiary/aromatic N) is 1. The molecule has 2 N–H and O–H groups in total. The van der Waals surface area contributed by atoms with Crippen molar-refractivity contribution in [3.63, 3.8) is 0 Å². The molecule has 1 saturated heterocycles. The van der Waals surface area contributed by atoms with Gasteiger partial charge in [-0.2, -0.15) is 13.2 Å². The van der Waals surface area contributed by atoms with E-state index in [1.54, 1.807) is 0 Å². The highest BCUT2D eigenvalue weighted by atomic mass is 35.5. The molecule has 0 aromatic heterocycles. The third-order valence-electron chi connectivity index (χ3n) is 3.67. The van der Waals surface area contributed by atoms with Crippen molar-refractivity contribution in [1.29, 1.82) is 0 Å². The zero-order valence-corrected chi connectivity index (χ0v) is 12.7. The van der Waals surface area contributed by atoms with E-state index in [1.807, 2.05) is 4.90 Å². The number of hydrogen-bond acceptors (Lipinski definition) is 3. The summed E-state index contributed by atoms with van der Waals surface area (Å²) in [6.45, 7) is 2.22. The Morgan fingerprint density at radius 3 is 2.41 bits per heavy atom. The summed E-state index contributed by atoms with van der Waals surface area (Å²) in [6, 6.07) is 1.90. The highest BCUT2D eigenvalue weighted by molar-refractivity contribution is 5.85. The lowest BCUT2D eigenvalue weighted by molar-refractivity contribution is -0.139. The number of rotatable bonds is 4. The van der Waals surface area contributed by atoms with Crippen LogP contribution >= 0.6 is 12.4 Å². The van der Waals surface area contributed by atoms with Crippen molar-refractivity contribution in [2.75, 3.05) is 32.8 Å². The van der Waals surface area contributed by atoms with E-state index < -0.39 is 23.6 Å². The smallest absolute Gasteiger partial charge is 0.396 e. The predicted octanol–water partition coefficient (Wildman–Crippen LogP) is 2.60. The van der Waals surface area contributed by atoms with Gasteiger partial charge in [0.2, 0.25) is 0 Å². The van der Waals surface area contributed by atoms with Crippen LogP contribution in [-0.4, -0.2) is 42.8 Å². The number of benzene rings is 1. The van der Waals surface area contributed by atoms with Crippen LogP contribution in [0.5, 0.6) is 0 Å². The van der Waals surface area contributed by atoms with Crippen LogP contribution in [0.3, 0.4) is 0 Å². The van der Waals surface area contributed by atoms with Crippen LogP contribution in [0.4, 0.5) is 17.6 Å². The number of halogens is 5. The van der Waals surface area contributed by atoms with Gasteiger partial charge in [-0.1, -0.05) is 0 Å². The van der Waals surface area contributed by atoms with Gasteiger partial charge in [-0.05, 0) is 30.2 Å². The third kappa shape index (κ3) is 4.55. The number of alkyl halides is 3. The number of aliphatic hydroxyl groups is 1. The molecule has 0 amide bonds. The van der Waals surface area contributed by atoms with Crippen molar-refractivity contribution in [2.24, 2.45) is 0 Å². The quantitative estimate of drug-likeness (QED) is 0.826. The first-order valence-electron chi connectivity index (χ1n) is 6.85. The lowest BCUT2D eigenvalue weighted by atomic mass is 9.95. The fourth-order valence-electron chi connectivity index (χ4n) is 2.72. The summed E-state index contributed by atoms with van der Waals surface area (Å²) in [6.07, 6.45) is -4.39. The minimum absolute atomic E-state index is 0. The summed E-state index contributed by atoms with van der Waals surface area (Å²) in [5, 5.41) is 12.3. The van der Waals surface area contributed by atoms with E-state index in [-0.39, 0.29) is 31.0 Å². The van der Waals surface area contributed by atoms with Crippen LogP contribution in [0.1, 0.15) is 23.6 Å². The van der Waals surface area contributed by atoms with Gasteiger partial charge >= 0.3 is 6.18 Å². The van der Waals surface area contributed by atoms with Gasteiger partial charge in [-0.15, -0.1) is 12.4 Å². The fourth-order valence-corrected chi connectivity index (χ4v) is 2.72. The molecule has 1 aliphatic heterocycles. The average molecular weight is 343 g/mol. The topological polar surface area (TPSA) is 35.5 Å². The van der Waals surface area contributed by atoms with Crippen molar-refractivity contribution in [3.8, 4) is 0 Å². The molecule has 3 nitrogen and oxygen atoms in total. The molecule has 1 aromatic carbocycles. The first kappa shape index (κ1) is 19.2. The second-order valence-electron chi connectivity index (χ2n) is 5.04. The van der Waals surface area contributed by atoms with Gasteiger partial charge in [-0.25, -0.2) is 4.39 Å². The largest absolute Gasteiger partial charge is 0.416 e. The zero-order valence-electron chi connectivity index (χ0n) is 11.9. The van der Waals surface area contributed by atoms with Crippen LogP contribution in [0.2, 0.25) is 0 Å². The maximum atomic E-state index is 13.4. The van der Waals surface area contributed by atoms with Crippen LogP contribution in [0.15, 0.2) is 18.2 Å². The summed E-state index contributed by atoms with van der Waals surface area (Å²) in [7, 11) is 0. The molecule has 0 aliphatic carbocycles. The van der Waals surface area contributed by atoms with Gasteiger partial charge in [-0.3, -0.25) is 4.90 Å². The van der Waals surface area contributed by atoms with Crippen LogP contribution in [-0.2, 0) is 6.18 Å². The minimum atomic E-state index is -4.54. The van der Waals surface area contributed by atoms with Crippen molar-refractivity contribution < 1.29 is 22.7 Å². The minimum Gasteiger partial charge on any atom is -0.396 e. The Bertz CT molecular complexity index is 478. The first-order valence-corrected chi connectivity index (χ1v) is 6.85. The Kier molecular flexibility index (Phi) is 7.05. The van der Waals surface area contributed by atoms with E-state index in [0.29, 0.717) is 26.2 Å². The highest BCUT2D eigenvalue weighted by Gasteiger charge is 2.36. The monoisotopic (exact) mass is 342 g/mol.